The van der Waals surface area contributed by atoms with E-state index in [2.05, 4.69) is 21.1 Å². The minimum atomic E-state index is -0.522. The molecule has 3 aromatic heterocycles. The predicted octanol–water partition coefficient (Wildman–Crippen LogP) is 3.37. The molecule has 4 heterocycles. The molecule has 2 unspecified atom stereocenters. The number of hydrogen-bond donors (Lipinski definition) is 1. The zero-order valence-corrected chi connectivity index (χ0v) is 18.7. The molecule has 1 aliphatic heterocycles. The lowest BCUT2D eigenvalue weighted by molar-refractivity contribution is 0.0528. The molecule has 0 bridgehead atoms. The summed E-state index contributed by atoms with van der Waals surface area (Å²) in [5, 5.41) is 4.07. The van der Waals surface area contributed by atoms with Gasteiger partial charge in [0.25, 0.3) is 0 Å². The van der Waals surface area contributed by atoms with E-state index in [1.165, 1.54) is 16.9 Å². The van der Waals surface area contributed by atoms with Crippen molar-refractivity contribution >= 4 is 17.4 Å². The minimum absolute atomic E-state index is 0.0519. The molecule has 0 amide bonds. The van der Waals surface area contributed by atoms with Crippen LogP contribution in [0.5, 0.6) is 0 Å². The second-order valence-corrected chi connectivity index (χ2v) is 8.38. The van der Waals surface area contributed by atoms with Crippen molar-refractivity contribution in [2.75, 3.05) is 18.1 Å². The quantitative estimate of drug-likeness (QED) is 0.563. The van der Waals surface area contributed by atoms with Crippen molar-refractivity contribution < 1.29 is 13.9 Å². The molecule has 0 saturated carbocycles. The number of rotatable bonds is 7. The van der Waals surface area contributed by atoms with E-state index in [4.69, 9.17) is 10.5 Å². The van der Waals surface area contributed by atoms with Crippen molar-refractivity contribution in [3.05, 3.63) is 52.9 Å². The average Bonchev–Trinajstić information content (AvgIpc) is 3.39. The number of aryl methyl sites for hydroxylation is 2. The topological polar surface area (TPSA) is 98.6 Å². The summed E-state index contributed by atoms with van der Waals surface area (Å²) < 4.78 is 21.5. The van der Waals surface area contributed by atoms with Crippen LogP contribution >= 0.6 is 0 Å². The summed E-state index contributed by atoms with van der Waals surface area (Å²) in [6.45, 7) is 6.62. The van der Waals surface area contributed by atoms with Gasteiger partial charge in [0.1, 0.15) is 5.56 Å². The van der Waals surface area contributed by atoms with Gasteiger partial charge in [0.15, 0.2) is 17.3 Å². The largest absolute Gasteiger partial charge is 0.462 e. The summed E-state index contributed by atoms with van der Waals surface area (Å²) in [6, 6.07) is 2.16. The molecule has 0 radical (unpaired) electrons. The number of aromatic nitrogens is 4. The number of carbonyl (C=O) groups excluding carboxylic acids is 1. The van der Waals surface area contributed by atoms with Gasteiger partial charge in [-0.05, 0) is 57.6 Å². The van der Waals surface area contributed by atoms with Crippen LogP contribution in [0.1, 0.15) is 66.3 Å². The molecule has 32 heavy (non-hydrogen) atoms. The van der Waals surface area contributed by atoms with Gasteiger partial charge >= 0.3 is 5.97 Å². The summed E-state index contributed by atoms with van der Waals surface area (Å²) in [4.78, 5) is 23.5. The number of anilines is 1. The summed E-state index contributed by atoms with van der Waals surface area (Å²) in [6.07, 6.45) is 7.86. The summed E-state index contributed by atoms with van der Waals surface area (Å²) in [5.41, 5.74) is 9.61. The lowest BCUT2D eigenvalue weighted by atomic mass is 9.97. The average molecular weight is 441 g/mol. The smallest absolute Gasteiger partial charge is 0.343 e. The Morgan fingerprint density at radius 3 is 2.97 bits per heavy atom. The van der Waals surface area contributed by atoms with Crippen molar-refractivity contribution in [1.29, 1.82) is 0 Å². The van der Waals surface area contributed by atoms with E-state index >= 15 is 4.39 Å². The van der Waals surface area contributed by atoms with E-state index in [-0.39, 0.29) is 35.7 Å². The lowest BCUT2D eigenvalue weighted by Crippen LogP contribution is -2.27. The molecular formula is C23H29FN6O2. The Labute approximate surface area is 186 Å². The third-order valence-corrected chi connectivity index (χ3v) is 5.79. The first-order valence-corrected chi connectivity index (χ1v) is 11.1. The Kier molecular flexibility index (Phi) is 6.36. The van der Waals surface area contributed by atoms with Crippen LogP contribution in [-0.2, 0) is 11.2 Å². The molecule has 2 N–H and O–H groups in total. The standard InChI is InChI=1S/C23H29FN6O2/c1-4-32-23(31)17-12-27-30-13-18(24)22(28-21(17)30)29-9-5-6-20(29)16-10-14(2)11-26-19(16)8-7-15(3)25/h10-13,15,20H,4-9,25H2,1-3H3. The number of halogens is 1. The summed E-state index contributed by atoms with van der Waals surface area (Å²) >= 11 is 0. The van der Waals surface area contributed by atoms with Crippen LogP contribution in [0.3, 0.4) is 0 Å². The van der Waals surface area contributed by atoms with E-state index in [1.807, 2.05) is 24.9 Å². The van der Waals surface area contributed by atoms with Crippen molar-refractivity contribution in [1.82, 2.24) is 19.6 Å². The summed E-state index contributed by atoms with van der Waals surface area (Å²) in [7, 11) is 0. The molecule has 4 rings (SSSR count). The van der Waals surface area contributed by atoms with Gasteiger partial charge in [0, 0.05) is 24.5 Å². The van der Waals surface area contributed by atoms with E-state index in [1.54, 1.807) is 6.92 Å². The van der Waals surface area contributed by atoms with Crippen molar-refractivity contribution in [3.8, 4) is 0 Å². The number of fused-ring (bicyclic) bond motifs is 1. The number of carbonyl (C=O) groups is 1. The highest BCUT2D eigenvalue weighted by Gasteiger charge is 2.32. The zero-order valence-electron chi connectivity index (χ0n) is 18.7. The minimum Gasteiger partial charge on any atom is -0.462 e. The van der Waals surface area contributed by atoms with Crippen LogP contribution in [0, 0.1) is 12.7 Å². The maximum Gasteiger partial charge on any atom is 0.343 e. The number of ether oxygens (including phenoxy) is 1. The number of pyridine rings is 1. The van der Waals surface area contributed by atoms with Crippen LogP contribution in [0.4, 0.5) is 10.2 Å². The maximum absolute atomic E-state index is 15.1. The Balaban J connectivity index is 1.74. The Hall–Kier alpha value is -3.07. The first kappa shape index (κ1) is 22.1. The molecule has 3 aromatic rings. The fourth-order valence-electron chi connectivity index (χ4n) is 4.26. The highest BCUT2D eigenvalue weighted by molar-refractivity contribution is 5.95. The van der Waals surface area contributed by atoms with Gasteiger partial charge in [-0.15, -0.1) is 0 Å². The van der Waals surface area contributed by atoms with Gasteiger partial charge in [0.2, 0.25) is 0 Å². The third-order valence-electron chi connectivity index (χ3n) is 5.79. The second-order valence-electron chi connectivity index (χ2n) is 8.38. The molecule has 0 spiro atoms. The third kappa shape index (κ3) is 4.29. The molecule has 1 fully saturated rings. The molecular weight excluding hydrogens is 411 g/mol. The van der Waals surface area contributed by atoms with Gasteiger partial charge < -0.3 is 15.4 Å². The molecule has 0 aliphatic carbocycles. The van der Waals surface area contributed by atoms with Crippen LogP contribution in [-0.4, -0.2) is 44.7 Å². The first-order chi connectivity index (χ1) is 15.4. The fraction of sp³-hybridized carbons (Fsp3) is 0.478. The molecule has 8 nitrogen and oxygen atoms in total. The Bertz CT molecular complexity index is 1130. The monoisotopic (exact) mass is 440 g/mol. The van der Waals surface area contributed by atoms with E-state index in [0.717, 1.165) is 42.5 Å². The normalized spacial score (nSPS) is 17.2. The van der Waals surface area contributed by atoms with Crippen LogP contribution in [0.25, 0.3) is 5.65 Å². The number of nitrogens with two attached hydrogens (primary N) is 1. The Morgan fingerprint density at radius 2 is 2.22 bits per heavy atom. The molecule has 1 saturated heterocycles. The SMILES string of the molecule is CCOC(=O)c1cnn2cc(F)c(N3CCCC3c3cc(C)cnc3CCC(C)N)nc12. The van der Waals surface area contributed by atoms with Gasteiger partial charge in [-0.2, -0.15) is 5.10 Å². The predicted molar refractivity (Wildman–Crippen MR) is 119 cm³/mol. The Morgan fingerprint density at radius 1 is 1.41 bits per heavy atom. The number of esters is 1. The zero-order chi connectivity index (χ0) is 22.8. The van der Waals surface area contributed by atoms with Gasteiger partial charge in [-0.1, -0.05) is 6.07 Å². The molecule has 0 aromatic carbocycles. The van der Waals surface area contributed by atoms with E-state index in [0.29, 0.717) is 6.54 Å². The van der Waals surface area contributed by atoms with Crippen LogP contribution in [0.2, 0.25) is 0 Å². The van der Waals surface area contributed by atoms with Crippen LogP contribution < -0.4 is 10.6 Å². The van der Waals surface area contributed by atoms with Crippen molar-refractivity contribution in [3.63, 3.8) is 0 Å². The molecule has 2 atom stereocenters. The lowest BCUT2D eigenvalue weighted by Gasteiger charge is -2.28. The molecule has 9 heteroatoms. The van der Waals surface area contributed by atoms with E-state index < -0.39 is 11.8 Å². The van der Waals surface area contributed by atoms with Gasteiger partial charge in [0.05, 0.1) is 25.0 Å². The molecule has 170 valence electrons. The highest BCUT2D eigenvalue weighted by Crippen LogP contribution is 2.38. The summed E-state index contributed by atoms with van der Waals surface area (Å²) in [5.74, 6) is -0.794. The fourth-order valence-corrected chi connectivity index (χ4v) is 4.26. The molecule has 1 aliphatic rings. The van der Waals surface area contributed by atoms with Crippen molar-refractivity contribution in [2.45, 2.75) is 58.5 Å². The van der Waals surface area contributed by atoms with Gasteiger partial charge in [-0.25, -0.2) is 18.7 Å². The first-order valence-electron chi connectivity index (χ1n) is 11.1. The second kappa shape index (κ2) is 9.20. The van der Waals surface area contributed by atoms with Crippen LogP contribution in [0.15, 0.2) is 24.7 Å². The van der Waals surface area contributed by atoms with E-state index in [9.17, 15) is 4.79 Å². The highest BCUT2D eigenvalue weighted by atomic mass is 19.1. The van der Waals surface area contributed by atoms with Gasteiger partial charge in [-0.3, -0.25) is 4.98 Å². The number of nitrogens with zero attached hydrogens (tertiary/aromatic N) is 5. The van der Waals surface area contributed by atoms with Crippen molar-refractivity contribution in [2.24, 2.45) is 5.73 Å². The maximum atomic E-state index is 15.1. The number of hydrogen-bond acceptors (Lipinski definition) is 7.